The van der Waals surface area contributed by atoms with Gasteiger partial charge in [-0.25, -0.2) is 0 Å². The normalized spacial score (nSPS) is 14.2. The van der Waals surface area contributed by atoms with Crippen LogP contribution < -0.4 is 5.73 Å². The molecule has 0 aromatic heterocycles. The molecule has 1 aliphatic heterocycles. The van der Waals surface area contributed by atoms with Crippen molar-refractivity contribution in [3.8, 4) is 0 Å². The molecule has 0 saturated carbocycles. The van der Waals surface area contributed by atoms with Gasteiger partial charge in [0, 0.05) is 5.56 Å². The molecule has 2 aromatic rings. The molecule has 0 radical (unpaired) electrons. The van der Waals surface area contributed by atoms with Crippen LogP contribution in [0.4, 0.5) is 0 Å². The van der Waals surface area contributed by atoms with Gasteiger partial charge in [0.15, 0.2) is 0 Å². The van der Waals surface area contributed by atoms with E-state index >= 15 is 0 Å². The summed E-state index contributed by atoms with van der Waals surface area (Å²) < 4.78 is 0. The molecule has 0 fully saturated rings. The number of carbonyl (C=O) groups excluding carboxylic acids is 1. The van der Waals surface area contributed by atoms with Gasteiger partial charge in [0.25, 0.3) is 5.91 Å². The second-order valence-electron chi connectivity index (χ2n) is 6.35. The predicted molar refractivity (Wildman–Crippen MR) is 82.1 cm³/mol. The second-order valence-corrected chi connectivity index (χ2v) is 6.35. The Bertz CT molecular complexity index is 751. The summed E-state index contributed by atoms with van der Waals surface area (Å²) in [5.41, 5.74) is 9.17. The molecular weight excluding hydrogens is 248 g/mol. The number of nitrogens with two attached hydrogens (primary N) is 1. The molecule has 3 heteroatoms. The zero-order valence-electron chi connectivity index (χ0n) is 12.0. The molecule has 1 amide bonds. The number of hydrogen-bond donors (Lipinski definition) is 1. The first-order valence-electron chi connectivity index (χ1n) is 6.78. The first-order chi connectivity index (χ1) is 9.36. The van der Waals surface area contributed by atoms with Crippen molar-refractivity contribution in [2.24, 2.45) is 10.7 Å². The van der Waals surface area contributed by atoms with E-state index in [-0.39, 0.29) is 5.41 Å². The zero-order valence-corrected chi connectivity index (χ0v) is 12.0. The van der Waals surface area contributed by atoms with Crippen LogP contribution >= 0.6 is 0 Å². The molecule has 102 valence electrons. The molecule has 2 aromatic carbocycles. The first-order valence-corrected chi connectivity index (χ1v) is 6.78. The van der Waals surface area contributed by atoms with Crippen LogP contribution in [0.15, 0.2) is 35.3 Å². The van der Waals surface area contributed by atoms with E-state index in [1.54, 1.807) is 0 Å². The Morgan fingerprint density at radius 2 is 1.90 bits per heavy atom. The van der Waals surface area contributed by atoms with Gasteiger partial charge in [-0.2, -0.15) is 0 Å². The maximum Gasteiger partial charge on any atom is 0.267 e. The Kier molecular flexibility index (Phi) is 2.68. The maximum atomic E-state index is 11.4. The molecule has 20 heavy (non-hydrogen) atoms. The third-order valence-corrected chi connectivity index (χ3v) is 3.82. The van der Waals surface area contributed by atoms with Gasteiger partial charge in [0.1, 0.15) is 5.71 Å². The summed E-state index contributed by atoms with van der Waals surface area (Å²) in [7, 11) is 0. The number of nitrogens with zero attached hydrogens (tertiary/aromatic N) is 1. The van der Waals surface area contributed by atoms with Gasteiger partial charge in [0.2, 0.25) is 0 Å². The molecule has 0 bridgehead atoms. The Morgan fingerprint density at radius 1 is 1.15 bits per heavy atom. The van der Waals surface area contributed by atoms with Crippen molar-refractivity contribution >= 4 is 22.4 Å². The minimum Gasteiger partial charge on any atom is -0.364 e. The van der Waals surface area contributed by atoms with Gasteiger partial charge < -0.3 is 5.73 Å². The molecule has 2 N–H and O–H groups in total. The van der Waals surface area contributed by atoms with E-state index in [0.717, 1.165) is 16.5 Å². The quantitative estimate of drug-likeness (QED) is 0.847. The molecule has 3 nitrogen and oxygen atoms in total. The standard InChI is InChI=1S/C17H18N2O/c1-17(2,3)13-5-4-10-8-14-12(6-11(10)7-13)9-19-15(14)16(18)20/h4-8H,9H2,1-3H3,(H2,18,20). The van der Waals surface area contributed by atoms with E-state index in [1.165, 1.54) is 10.9 Å². The number of fused-ring (bicyclic) bond motifs is 2. The number of rotatable bonds is 1. The molecule has 0 spiro atoms. The van der Waals surface area contributed by atoms with Gasteiger partial charge in [0.05, 0.1) is 6.54 Å². The summed E-state index contributed by atoms with van der Waals surface area (Å²) in [5, 5.41) is 2.31. The third kappa shape index (κ3) is 1.99. The van der Waals surface area contributed by atoms with Crippen molar-refractivity contribution in [1.82, 2.24) is 0 Å². The summed E-state index contributed by atoms with van der Waals surface area (Å²) in [4.78, 5) is 15.6. The van der Waals surface area contributed by atoms with Crippen LogP contribution in [0.5, 0.6) is 0 Å². The van der Waals surface area contributed by atoms with Crippen molar-refractivity contribution in [3.63, 3.8) is 0 Å². The number of aliphatic imine (C=N–C) groups is 1. The van der Waals surface area contributed by atoms with Crippen molar-refractivity contribution in [3.05, 3.63) is 47.0 Å². The van der Waals surface area contributed by atoms with Crippen LogP contribution in [0.1, 0.15) is 37.5 Å². The van der Waals surface area contributed by atoms with Gasteiger partial charge >= 0.3 is 0 Å². The van der Waals surface area contributed by atoms with Crippen LogP contribution in [0, 0.1) is 0 Å². The van der Waals surface area contributed by atoms with Crippen molar-refractivity contribution < 1.29 is 4.79 Å². The minimum atomic E-state index is -0.450. The average Bonchev–Trinajstić information content (AvgIpc) is 2.77. The van der Waals surface area contributed by atoms with Gasteiger partial charge in [-0.3, -0.25) is 9.79 Å². The highest BCUT2D eigenvalue weighted by molar-refractivity contribution is 6.46. The van der Waals surface area contributed by atoms with Crippen LogP contribution in [0.2, 0.25) is 0 Å². The fourth-order valence-corrected chi connectivity index (χ4v) is 2.62. The van der Waals surface area contributed by atoms with E-state index < -0.39 is 5.91 Å². The van der Waals surface area contributed by atoms with Crippen molar-refractivity contribution in [2.45, 2.75) is 32.7 Å². The zero-order chi connectivity index (χ0) is 14.5. The smallest absolute Gasteiger partial charge is 0.267 e. The molecule has 1 heterocycles. The summed E-state index contributed by atoms with van der Waals surface area (Å²) in [6.45, 7) is 7.16. The summed E-state index contributed by atoms with van der Waals surface area (Å²) in [6.07, 6.45) is 0. The lowest BCUT2D eigenvalue weighted by Gasteiger charge is -2.19. The number of hydrogen-bond acceptors (Lipinski definition) is 2. The van der Waals surface area contributed by atoms with Crippen LogP contribution in [-0.4, -0.2) is 11.6 Å². The van der Waals surface area contributed by atoms with Crippen molar-refractivity contribution in [2.75, 3.05) is 0 Å². The first kappa shape index (κ1) is 12.9. The number of carbonyl (C=O) groups is 1. The van der Waals surface area contributed by atoms with Gasteiger partial charge in [-0.15, -0.1) is 0 Å². The summed E-state index contributed by atoms with van der Waals surface area (Å²) in [5.74, 6) is -0.450. The van der Waals surface area contributed by atoms with E-state index in [0.29, 0.717) is 12.3 Å². The third-order valence-electron chi connectivity index (χ3n) is 3.82. The van der Waals surface area contributed by atoms with Crippen LogP contribution in [0.3, 0.4) is 0 Å². The van der Waals surface area contributed by atoms with E-state index in [4.69, 9.17) is 5.73 Å². The Labute approximate surface area is 118 Å². The SMILES string of the molecule is CC(C)(C)c1ccc2cc3c(cc2c1)CN=C3C(N)=O. The van der Waals surface area contributed by atoms with Gasteiger partial charge in [-0.1, -0.05) is 39.0 Å². The minimum absolute atomic E-state index is 0.127. The molecule has 0 aliphatic carbocycles. The average molecular weight is 266 g/mol. The van der Waals surface area contributed by atoms with Crippen LogP contribution in [-0.2, 0) is 16.8 Å². The van der Waals surface area contributed by atoms with Crippen molar-refractivity contribution in [1.29, 1.82) is 0 Å². The molecule has 3 rings (SSSR count). The highest BCUT2D eigenvalue weighted by atomic mass is 16.1. The maximum absolute atomic E-state index is 11.4. The molecule has 0 atom stereocenters. The monoisotopic (exact) mass is 266 g/mol. The second kappa shape index (κ2) is 4.17. The highest BCUT2D eigenvalue weighted by Gasteiger charge is 2.21. The highest BCUT2D eigenvalue weighted by Crippen LogP contribution is 2.30. The Hall–Kier alpha value is -2.16. The van der Waals surface area contributed by atoms with Crippen LogP contribution in [0.25, 0.3) is 10.8 Å². The topological polar surface area (TPSA) is 55.4 Å². The lowest BCUT2D eigenvalue weighted by molar-refractivity contribution is -0.111. The molecule has 0 saturated heterocycles. The largest absolute Gasteiger partial charge is 0.364 e. The summed E-state index contributed by atoms with van der Waals surface area (Å²) >= 11 is 0. The van der Waals surface area contributed by atoms with E-state index in [1.807, 2.05) is 6.07 Å². The lowest BCUT2D eigenvalue weighted by Crippen LogP contribution is -2.22. The number of amides is 1. The lowest BCUT2D eigenvalue weighted by atomic mass is 9.85. The fourth-order valence-electron chi connectivity index (χ4n) is 2.62. The summed E-state index contributed by atoms with van der Waals surface area (Å²) in [6, 6.07) is 10.6. The Balaban J connectivity index is 2.17. The van der Waals surface area contributed by atoms with E-state index in [2.05, 4.69) is 50.0 Å². The van der Waals surface area contributed by atoms with E-state index in [9.17, 15) is 4.79 Å². The molecule has 1 aliphatic rings. The molecule has 0 unspecified atom stereocenters. The van der Waals surface area contributed by atoms with Gasteiger partial charge in [-0.05, 0) is 39.4 Å². The number of primary amides is 1. The molecular formula is C17H18N2O. The Morgan fingerprint density at radius 3 is 2.55 bits per heavy atom. The predicted octanol–water partition coefficient (Wildman–Crippen LogP) is 2.93. The number of benzene rings is 2. The fraction of sp³-hybridized carbons (Fsp3) is 0.294.